The summed E-state index contributed by atoms with van der Waals surface area (Å²) < 4.78 is 1.94. The first kappa shape index (κ1) is 15.6. The summed E-state index contributed by atoms with van der Waals surface area (Å²) in [6, 6.07) is 9.88. The standard InChI is InChI=1S/C18H24N4O/c1-22-13-12-19-17(22)16(14-8-4-2-5-9-14)21-18(23)20-15-10-6-3-7-11-15/h2,4-5,8-9,12-13,15-16H,3,6-7,10-11H2,1H3,(H2,20,21,23)/t16-/m1/s1. The molecule has 0 bridgehead atoms. The zero-order valence-electron chi connectivity index (χ0n) is 13.5. The number of hydrogen-bond donors (Lipinski definition) is 2. The highest BCUT2D eigenvalue weighted by Crippen LogP contribution is 2.21. The second-order valence-corrected chi connectivity index (χ2v) is 6.19. The van der Waals surface area contributed by atoms with Crippen molar-refractivity contribution in [3.05, 3.63) is 54.1 Å². The van der Waals surface area contributed by atoms with Crippen LogP contribution in [0.25, 0.3) is 0 Å². The Kier molecular flexibility index (Phi) is 4.95. The number of imidazole rings is 1. The summed E-state index contributed by atoms with van der Waals surface area (Å²) in [5.41, 5.74) is 1.03. The zero-order chi connectivity index (χ0) is 16.1. The van der Waals surface area contributed by atoms with Gasteiger partial charge >= 0.3 is 6.03 Å². The monoisotopic (exact) mass is 312 g/mol. The highest BCUT2D eigenvalue weighted by molar-refractivity contribution is 5.75. The molecule has 1 fully saturated rings. The van der Waals surface area contributed by atoms with Crippen LogP contribution in [0.15, 0.2) is 42.7 Å². The van der Waals surface area contributed by atoms with Crippen LogP contribution in [0.3, 0.4) is 0 Å². The summed E-state index contributed by atoms with van der Waals surface area (Å²) >= 11 is 0. The molecule has 23 heavy (non-hydrogen) atoms. The molecule has 1 aliphatic rings. The van der Waals surface area contributed by atoms with Crippen molar-refractivity contribution in [2.24, 2.45) is 7.05 Å². The number of aromatic nitrogens is 2. The van der Waals surface area contributed by atoms with Crippen LogP contribution in [0, 0.1) is 0 Å². The van der Waals surface area contributed by atoms with Gasteiger partial charge in [-0.3, -0.25) is 0 Å². The molecule has 1 aromatic heterocycles. The number of amides is 2. The maximum absolute atomic E-state index is 12.4. The first-order valence-corrected chi connectivity index (χ1v) is 8.33. The minimum Gasteiger partial charge on any atom is -0.336 e. The maximum atomic E-state index is 12.4. The van der Waals surface area contributed by atoms with Gasteiger partial charge in [0.1, 0.15) is 11.9 Å². The van der Waals surface area contributed by atoms with Crippen LogP contribution in [0.4, 0.5) is 4.79 Å². The van der Waals surface area contributed by atoms with Crippen LogP contribution < -0.4 is 10.6 Å². The lowest BCUT2D eigenvalue weighted by atomic mass is 9.96. The lowest BCUT2D eigenvalue weighted by Crippen LogP contribution is -2.44. The SMILES string of the molecule is Cn1ccnc1[C@H](NC(=O)NC1CCCCC1)c1ccccc1. The molecule has 1 aliphatic carbocycles. The number of urea groups is 1. The molecule has 5 heteroatoms. The van der Waals surface area contributed by atoms with Crippen LogP contribution in [0.1, 0.15) is 49.5 Å². The van der Waals surface area contributed by atoms with Crippen molar-refractivity contribution in [3.63, 3.8) is 0 Å². The van der Waals surface area contributed by atoms with Crippen molar-refractivity contribution >= 4 is 6.03 Å². The van der Waals surface area contributed by atoms with Gasteiger partial charge < -0.3 is 15.2 Å². The molecule has 0 unspecified atom stereocenters. The molecule has 0 saturated heterocycles. The fourth-order valence-corrected chi connectivity index (χ4v) is 3.20. The van der Waals surface area contributed by atoms with Crippen LogP contribution in [-0.4, -0.2) is 21.6 Å². The molecule has 1 saturated carbocycles. The molecule has 122 valence electrons. The van der Waals surface area contributed by atoms with Gasteiger partial charge in [0, 0.05) is 25.5 Å². The molecule has 5 nitrogen and oxygen atoms in total. The number of nitrogens with zero attached hydrogens (tertiary/aromatic N) is 2. The number of aryl methyl sites for hydroxylation is 1. The van der Waals surface area contributed by atoms with Crippen molar-refractivity contribution in [3.8, 4) is 0 Å². The summed E-state index contributed by atoms with van der Waals surface area (Å²) in [5, 5.41) is 6.20. The highest BCUT2D eigenvalue weighted by Gasteiger charge is 2.22. The smallest absolute Gasteiger partial charge is 0.315 e. The Morgan fingerprint density at radius 2 is 1.96 bits per heavy atom. The van der Waals surface area contributed by atoms with E-state index in [1.54, 1.807) is 6.20 Å². The molecular formula is C18H24N4O. The minimum atomic E-state index is -0.250. The second-order valence-electron chi connectivity index (χ2n) is 6.19. The van der Waals surface area contributed by atoms with Gasteiger partial charge in [0.25, 0.3) is 0 Å². The van der Waals surface area contributed by atoms with E-state index in [1.165, 1.54) is 19.3 Å². The van der Waals surface area contributed by atoms with Crippen LogP contribution in [0.5, 0.6) is 0 Å². The summed E-state index contributed by atoms with van der Waals surface area (Å²) in [5.74, 6) is 0.829. The van der Waals surface area contributed by atoms with Gasteiger partial charge in [-0.2, -0.15) is 0 Å². The molecular weight excluding hydrogens is 288 g/mol. The Hall–Kier alpha value is -2.30. The number of hydrogen-bond acceptors (Lipinski definition) is 2. The summed E-state index contributed by atoms with van der Waals surface area (Å²) in [7, 11) is 1.94. The van der Waals surface area contributed by atoms with Crippen molar-refractivity contribution in [2.45, 2.75) is 44.2 Å². The number of carbonyl (C=O) groups excluding carboxylic acids is 1. The van der Waals surface area contributed by atoms with E-state index in [0.717, 1.165) is 24.2 Å². The lowest BCUT2D eigenvalue weighted by Gasteiger charge is -2.25. The van der Waals surface area contributed by atoms with Gasteiger partial charge in [-0.1, -0.05) is 49.6 Å². The van der Waals surface area contributed by atoms with Crippen molar-refractivity contribution in [2.75, 3.05) is 0 Å². The van der Waals surface area contributed by atoms with Crippen molar-refractivity contribution in [1.29, 1.82) is 0 Å². The lowest BCUT2D eigenvalue weighted by molar-refractivity contribution is 0.230. The Morgan fingerprint density at radius 1 is 1.22 bits per heavy atom. The largest absolute Gasteiger partial charge is 0.336 e. The molecule has 0 spiro atoms. The predicted molar refractivity (Wildman–Crippen MR) is 90.0 cm³/mol. The topological polar surface area (TPSA) is 59.0 Å². The van der Waals surface area contributed by atoms with E-state index in [0.29, 0.717) is 6.04 Å². The Morgan fingerprint density at radius 3 is 2.61 bits per heavy atom. The number of benzene rings is 1. The van der Waals surface area contributed by atoms with Gasteiger partial charge in [0.05, 0.1) is 0 Å². The molecule has 0 radical (unpaired) electrons. The zero-order valence-corrected chi connectivity index (χ0v) is 13.5. The van der Waals surface area contributed by atoms with Crippen LogP contribution in [0.2, 0.25) is 0 Å². The average Bonchev–Trinajstić information content (AvgIpc) is 3.00. The van der Waals surface area contributed by atoms with E-state index in [1.807, 2.05) is 48.1 Å². The summed E-state index contributed by atoms with van der Waals surface area (Å²) in [4.78, 5) is 16.9. The maximum Gasteiger partial charge on any atom is 0.315 e. The summed E-state index contributed by atoms with van der Waals surface area (Å²) in [6.07, 6.45) is 9.48. The van der Waals surface area contributed by atoms with Crippen LogP contribution in [-0.2, 0) is 7.05 Å². The third kappa shape index (κ3) is 3.92. The molecule has 2 N–H and O–H groups in total. The molecule has 1 heterocycles. The fraction of sp³-hybridized carbons (Fsp3) is 0.444. The third-order valence-corrected chi connectivity index (χ3v) is 4.47. The Balaban J connectivity index is 1.74. The second kappa shape index (κ2) is 7.31. The van der Waals surface area contributed by atoms with E-state index in [-0.39, 0.29) is 12.1 Å². The van der Waals surface area contributed by atoms with Crippen molar-refractivity contribution < 1.29 is 4.79 Å². The average molecular weight is 312 g/mol. The normalized spacial score (nSPS) is 16.7. The molecule has 2 aromatic rings. The molecule has 2 amide bonds. The quantitative estimate of drug-likeness (QED) is 0.911. The van der Waals surface area contributed by atoms with E-state index >= 15 is 0 Å². The van der Waals surface area contributed by atoms with E-state index in [4.69, 9.17) is 0 Å². The van der Waals surface area contributed by atoms with Gasteiger partial charge in [0.2, 0.25) is 0 Å². The van der Waals surface area contributed by atoms with E-state index < -0.39 is 0 Å². The third-order valence-electron chi connectivity index (χ3n) is 4.47. The van der Waals surface area contributed by atoms with Crippen LogP contribution >= 0.6 is 0 Å². The predicted octanol–water partition coefficient (Wildman–Crippen LogP) is 3.14. The van der Waals surface area contributed by atoms with E-state index in [9.17, 15) is 4.79 Å². The first-order chi connectivity index (χ1) is 11.2. The molecule has 1 aromatic carbocycles. The molecule has 1 atom stereocenters. The van der Waals surface area contributed by atoms with E-state index in [2.05, 4.69) is 15.6 Å². The molecule has 0 aliphatic heterocycles. The number of carbonyl (C=O) groups is 1. The fourth-order valence-electron chi connectivity index (χ4n) is 3.20. The number of nitrogens with one attached hydrogen (secondary N) is 2. The Labute approximate surface area is 137 Å². The van der Waals surface area contributed by atoms with Gasteiger partial charge in [-0.15, -0.1) is 0 Å². The highest BCUT2D eigenvalue weighted by atomic mass is 16.2. The van der Waals surface area contributed by atoms with Gasteiger partial charge in [-0.25, -0.2) is 9.78 Å². The van der Waals surface area contributed by atoms with Gasteiger partial charge in [0.15, 0.2) is 0 Å². The Bertz CT molecular complexity index is 631. The summed E-state index contributed by atoms with van der Waals surface area (Å²) in [6.45, 7) is 0. The molecule has 3 rings (SSSR count). The van der Waals surface area contributed by atoms with Gasteiger partial charge in [-0.05, 0) is 18.4 Å². The first-order valence-electron chi connectivity index (χ1n) is 8.33. The van der Waals surface area contributed by atoms with Crippen molar-refractivity contribution in [1.82, 2.24) is 20.2 Å². The minimum absolute atomic E-state index is 0.117. The number of rotatable bonds is 4.